The molecule has 0 saturated heterocycles. The van der Waals surface area contributed by atoms with Gasteiger partial charge in [-0.2, -0.15) is 5.10 Å². The Kier molecular flexibility index (Phi) is 6.19. The first-order chi connectivity index (χ1) is 17.4. The summed E-state index contributed by atoms with van der Waals surface area (Å²) in [6.07, 6.45) is -0.0664. The first-order valence-electron chi connectivity index (χ1n) is 11.4. The molecule has 1 aliphatic rings. The van der Waals surface area contributed by atoms with E-state index in [1.54, 1.807) is 39.0 Å². The van der Waals surface area contributed by atoms with Crippen molar-refractivity contribution in [1.29, 1.82) is 0 Å². The molecule has 0 unspecified atom stereocenters. The lowest BCUT2D eigenvalue weighted by Crippen LogP contribution is -2.38. The van der Waals surface area contributed by atoms with E-state index in [2.05, 4.69) is 25.9 Å². The number of fused-ring (bicyclic) bond motifs is 2. The van der Waals surface area contributed by atoms with Gasteiger partial charge in [-0.3, -0.25) is 15.3 Å². The summed E-state index contributed by atoms with van der Waals surface area (Å²) >= 11 is 7.74. The number of hydrogen-bond donors (Lipinski definition) is 3. The van der Waals surface area contributed by atoms with Gasteiger partial charge >= 0.3 is 6.09 Å². The van der Waals surface area contributed by atoms with E-state index in [1.165, 1.54) is 24.6 Å². The number of amides is 2. The van der Waals surface area contributed by atoms with Crippen LogP contribution in [0.15, 0.2) is 24.4 Å². The third-order valence-corrected chi connectivity index (χ3v) is 6.98. The minimum Gasteiger partial charge on any atom is -0.442 e. The summed E-state index contributed by atoms with van der Waals surface area (Å²) in [5, 5.41) is 11.2. The molecule has 5 rings (SSSR count). The first kappa shape index (κ1) is 25.2. The van der Waals surface area contributed by atoms with Gasteiger partial charge in [0.2, 0.25) is 5.91 Å². The van der Waals surface area contributed by atoms with E-state index in [4.69, 9.17) is 16.3 Å². The van der Waals surface area contributed by atoms with Crippen molar-refractivity contribution in [3.05, 3.63) is 35.2 Å². The molecule has 37 heavy (non-hydrogen) atoms. The van der Waals surface area contributed by atoms with Gasteiger partial charge in [-0.25, -0.2) is 23.6 Å². The van der Waals surface area contributed by atoms with Crippen molar-refractivity contribution < 1.29 is 23.1 Å². The third-order valence-electron chi connectivity index (χ3n) is 5.69. The summed E-state index contributed by atoms with van der Waals surface area (Å²) in [7, 11) is 1.41. The fourth-order valence-corrected chi connectivity index (χ4v) is 5.03. The molecule has 13 heteroatoms. The number of benzene rings is 2. The highest BCUT2D eigenvalue weighted by atomic mass is 35.5. The third kappa shape index (κ3) is 4.90. The summed E-state index contributed by atoms with van der Waals surface area (Å²) in [6.45, 7) is 5.17. The number of alkyl halides is 1. The Bertz CT molecular complexity index is 1550. The number of thiazole rings is 1. The number of hydrazine groups is 1. The number of ether oxygens (including phenoxy) is 1. The molecule has 2 heterocycles. The smallest absolute Gasteiger partial charge is 0.428 e. The van der Waals surface area contributed by atoms with Crippen molar-refractivity contribution >= 4 is 66.9 Å². The molecule has 2 atom stereocenters. The Labute approximate surface area is 219 Å². The monoisotopic (exact) mass is 548 g/mol. The summed E-state index contributed by atoms with van der Waals surface area (Å²) < 4.78 is 34.8. The zero-order chi connectivity index (χ0) is 26.6. The summed E-state index contributed by atoms with van der Waals surface area (Å²) in [5.74, 6) is -1.80. The molecule has 194 valence electrons. The van der Waals surface area contributed by atoms with Gasteiger partial charge < -0.3 is 10.1 Å². The lowest BCUT2D eigenvalue weighted by atomic mass is 10.0. The van der Waals surface area contributed by atoms with Gasteiger partial charge in [0, 0.05) is 18.0 Å². The van der Waals surface area contributed by atoms with E-state index in [-0.39, 0.29) is 17.1 Å². The first-order valence-corrected chi connectivity index (χ1v) is 12.6. The largest absolute Gasteiger partial charge is 0.442 e. The highest BCUT2D eigenvalue weighted by Gasteiger charge is 2.43. The number of aromatic amines is 1. The van der Waals surface area contributed by atoms with Crippen LogP contribution in [-0.2, 0) is 9.53 Å². The van der Waals surface area contributed by atoms with Crippen molar-refractivity contribution in [1.82, 2.24) is 20.2 Å². The molecule has 9 nitrogen and oxygen atoms in total. The van der Waals surface area contributed by atoms with Crippen LogP contribution in [0.5, 0.6) is 0 Å². The topological polar surface area (TPSA) is 112 Å². The van der Waals surface area contributed by atoms with E-state index in [0.29, 0.717) is 32.7 Å². The van der Waals surface area contributed by atoms with Gasteiger partial charge in [0.05, 0.1) is 32.9 Å². The lowest BCUT2D eigenvalue weighted by Gasteiger charge is -2.26. The van der Waals surface area contributed by atoms with E-state index in [1.807, 2.05) is 0 Å². The molecule has 0 spiro atoms. The molecule has 0 bridgehead atoms. The molecule has 0 aliphatic heterocycles. The molecule has 1 fully saturated rings. The van der Waals surface area contributed by atoms with Crippen LogP contribution in [0.3, 0.4) is 0 Å². The molecule has 0 radical (unpaired) electrons. The summed E-state index contributed by atoms with van der Waals surface area (Å²) in [4.78, 5) is 28.8. The molecule has 2 amide bonds. The summed E-state index contributed by atoms with van der Waals surface area (Å²) in [5.41, 5.74) is 3.82. The number of carbonyl (C=O) groups is 2. The maximum Gasteiger partial charge on any atom is 0.428 e. The fraction of sp³-hybridized carbons (Fsp3) is 0.333. The van der Waals surface area contributed by atoms with Crippen LogP contribution in [-0.4, -0.2) is 51.0 Å². The Balaban J connectivity index is 1.48. The minimum absolute atomic E-state index is 0.0651. The van der Waals surface area contributed by atoms with Crippen molar-refractivity contribution in [3.63, 3.8) is 0 Å². The van der Waals surface area contributed by atoms with Crippen molar-refractivity contribution in [2.24, 2.45) is 5.92 Å². The number of carbonyl (C=O) groups excluding carboxylic acids is 2. The van der Waals surface area contributed by atoms with Crippen LogP contribution in [0.25, 0.3) is 32.2 Å². The van der Waals surface area contributed by atoms with Gasteiger partial charge in [0.25, 0.3) is 0 Å². The number of halogens is 3. The second kappa shape index (κ2) is 9.10. The second-order valence-corrected chi connectivity index (χ2v) is 11.1. The van der Waals surface area contributed by atoms with E-state index < -0.39 is 35.5 Å². The number of nitrogens with one attached hydrogen (secondary N) is 3. The van der Waals surface area contributed by atoms with Crippen LogP contribution in [0.2, 0.25) is 5.02 Å². The number of hydrogen-bond acceptors (Lipinski definition) is 7. The predicted molar refractivity (Wildman–Crippen MR) is 139 cm³/mol. The molecule has 3 N–H and O–H groups in total. The lowest BCUT2D eigenvalue weighted by molar-refractivity contribution is -0.117. The van der Waals surface area contributed by atoms with Crippen LogP contribution >= 0.6 is 22.9 Å². The summed E-state index contributed by atoms with van der Waals surface area (Å²) in [6, 6.07) is 5.25. The maximum absolute atomic E-state index is 15.6. The maximum atomic E-state index is 15.6. The van der Waals surface area contributed by atoms with Gasteiger partial charge in [0.15, 0.2) is 10.9 Å². The van der Waals surface area contributed by atoms with E-state index in [9.17, 15) is 14.0 Å². The van der Waals surface area contributed by atoms with Crippen LogP contribution in [0.4, 0.5) is 24.4 Å². The SMILES string of the molecule is CN(Nc1c(F)c(Cl)c(-c2ccc3nc(NC(=O)[C@@H]4C[C@@H]4F)sc3c2)c2cn[nH]c12)C(=O)OC(C)(C)C. The zero-order valence-electron chi connectivity index (χ0n) is 20.3. The Morgan fingerprint density at radius 1 is 1.32 bits per heavy atom. The number of aromatic nitrogens is 3. The van der Waals surface area contributed by atoms with Gasteiger partial charge in [-0.05, 0) is 44.9 Å². The average Bonchev–Trinajstić information content (AvgIpc) is 3.18. The van der Waals surface area contributed by atoms with Crippen LogP contribution < -0.4 is 10.7 Å². The highest BCUT2D eigenvalue weighted by Crippen LogP contribution is 2.43. The Hall–Kier alpha value is -3.51. The number of nitrogens with zero attached hydrogens (tertiary/aromatic N) is 3. The van der Waals surface area contributed by atoms with Gasteiger partial charge in [0.1, 0.15) is 17.5 Å². The average molecular weight is 549 g/mol. The standard InChI is InChI=1S/C24H23ClF2N6O3S/c1-24(2,3)36-23(35)33(4)32-20-18(27)17(25)16(12-9-28-31-19(12)20)10-5-6-14-15(7-10)37-22(29-14)30-21(34)11-8-13(11)26/h5-7,9,11,13,32H,8H2,1-4H3,(H,28,31)(H,29,30,34)/t11-,13+/m1/s1. The van der Waals surface area contributed by atoms with E-state index >= 15 is 4.39 Å². The Morgan fingerprint density at radius 2 is 2.05 bits per heavy atom. The highest BCUT2D eigenvalue weighted by molar-refractivity contribution is 7.22. The minimum atomic E-state index is -1.10. The number of H-pyrrole nitrogens is 1. The van der Waals surface area contributed by atoms with Crippen LogP contribution in [0.1, 0.15) is 27.2 Å². The van der Waals surface area contributed by atoms with Gasteiger partial charge in [-0.1, -0.05) is 29.0 Å². The molecule has 2 aromatic carbocycles. The molecular weight excluding hydrogens is 526 g/mol. The molecule has 4 aromatic rings. The zero-order valence-corrected chi connectivity index (χ0v) is 21.9. The molecule has 2 aromatic heterocycles. The normalized spacial score (nSPS) is 17.2. The van der Waals surface area contributed by atoms with Crippen molar-refractivity contribution in [3.8, 4) is 11.1 Å². The quantitative estimate of drug-likeness (QED) is 0.259. The molecule has 1 aliphatic carbocycles. The number of rotatable bonds is 5. The molecular formula is C24H23ClF2N6O3S. The van der Waals surface area contributed by atoms with Crippen molar-refractivity contribution in [2.75, 3.05) is 17.8 Å². The van der Waals surface area contributed by atoms with E-state index in [0.717, 1.165) is 9.71 Å². The predicted octanol–water partition coefficient (Wildman–Crippen LogP) is 6.12. The fourth-order valence-electron chi connectivity index (χ4n) is 3.81. The Morgan fingerprint density at radius 3 is 2.73 bits per heavy atom. The number of anilines is 2. The molecule has 1 saturated carbocycles. The van der Waals surface area contributed by atoms with Crippen LogP contribution in [0, 0.1) is 11.7 Å². The van der Waals surface area contributed by atoms with Gasteiger partial charge in [-0.15, -0.1) is 0 Å². The van der Waals surface area contributed by atoms with Crippen molar-refractivity contribution in [2.45, 2.75) is 39.0 Å². The second-order valence-electron chi connectivity index (χ2n) is 9.74.